The minimum atomic E-state index is 0.452. The second-order valence-corrected chi connectivity index (χ2v) is 5.93. The van der Waals surface area contributed by atoms with E-state index >= 15 is 0 Å². The van der Waals surface area contributed by atoms with Gasteiger partial charge in [-0.05, 0) is 23.9 Å². The number of halogens is 1. The van der Waals surface area contributed by atoms with Gasteiger partial charge in [0.1, 0.15) is 0 Å². The molecule has 0 fully saturated rings. The third-order valence-corrected chi connectivity index (χ3v) is 4.68. The van der Waals surface area contributed by atoms with Crippen molar-refractivity contribution in [3.05, 3.63) is 52.1 Å². The minimum absolute atomic E-state index is 0.452. The molecule has 3 nitrogen and oxygen atoms in total. The Kier molecular flexibility index (Phi) is 4.36. The van der Waals surface area contributed by atoms with Crippen molar-refractivity contribution in [1.82, 2.24) is 9.97 Å². The number of nitrogens with zero attached hydrogens (tertiary/aromatic N) is 2. The van der Waals surface area contributed by atoms with E-state index in [1.807, 2.05) is 30.6 Å². The highest BCUT2D eigenvalue weighted by Crippen LogP contribution is 2.27. The van der Waals surface area contributed by atoms with Crippen LogP contribution in [0.15, 0.2) is 36.0 Å². The lowest BCUT2D eigenvalue weighted by Gasteiger charge is -2.10. The molecule has 0 aliphatic carbocycles. The molecule has 0 N–H and O–H groups in total. The lowest BCUT2D eigenvalue weighted by Crippen LogP contribution is -2.03. The highest BCUT2D eigenvalue weighted by molar-refractivity contribution is 7.09. The number of pyridine rings is 1. The van der Waals surface area contributed by atoms with Crippen LogP contribution in [0.25, 0.3) is 10.8 Å². The zero-order valence-corrected chi connectivity index (χ0v) is 13.2. The van der Waals surface area contributed by atoms with E-state index < -0.39 is 0 Å². The van der Waals surface area contributed by atoms with Crippen LogP contribution in [0, 0.1) is 6.92 Å². The van der Waals surface area contributed by atoms with Gasteiger partial charge >= 0.3 is 0 Å². The number of aryl methyl sites for hydroxylation is 1. The summed E-state index contributed by atoms with van der Waals surface area (Å²) in [6.45, 7) is 2.62. The van der Waals surface area contributed by atoms with Crippen LogP contribution in [0.3, 0.4) is 0 Å². The van der Waals surface area contributed by atoms with E-state index in [2.05, 4.69) is 16.0 Å². The van der Waals surface area contributed by atoms with Crippen molar-refractivity contribution in [2.75, 3.05) is 6.61 Å². The molecule has 0 unspecified atom stereocenters. The highest BCUT2D eigenvalue weighted by Gasteiger charge is 2.08. The molecular formula is C16H15ClN2OS. The third kappa shape index (κ3) is 3.01. The Balaban J connectivity index is 1.80. The van der Waals surface area contributed by atoms with Crippen LogP contribution in [0.2, 0.25) is 0 Å². The van der Waals surface area contributed by atoms with Gasteiger partial charge in [-0.25, -0.2) is 9.97 Å². The largest absolute Gasteiger partial charge is 0.477 e. The molecule has 1 aromatic carbocycles. The smallest absolute Gasteiger partial charge is 0.221 e. The Morgan fingerprint density at radius 1 is 1.19 bits per heavy atom. The van der Waals surface area contributed by atoms with Gasteiger partial charge in [-0.2, -0.15) is 0 Å². The first-order valence-electron chi connectivity index (χ1n) is 6.74. The van der Waals surface area contributed by atoms with Crippen LogP contribution >= 0.6 is 22.9 Å². The van der Waals surface area contributed by atoms with Crippen LogP contribution in [-0.2, 0) is 12.3 Å². The molecule has 2 heterocycles. The molecule has 108 valence electrons. The summed E-state index contributed by atoms with van der Waals surface area (Å²) in [5.74, 6) is 1.12. The number of hydrogen-bond donors (Lipinski definition) is 0. The van der Waals surface area contributed by atoms with E-state index in [1.165, 1.54) is 4.88 Å². The van der Waals surface area contributed by atoms with Crippen molar-refractivity contribution in [3.8, 4) is 5.88 Å². The first kappa shape index (κ1) is 14.3. The Hall–Kier alpha value is -1.65. The summed E-state index contributed by atoms with van der Waals surface area (Å²) in [5.41, 5.74) is 3.98. The molecule has 0 aliphatic heterocycles. The second kappa shape index (κ2) is 6.41. The highest BCUT2D eigenvalue weighted by atomic mass is 35.5. The van der Waals surface area contributed by atoms with Gasteiger partial charge in [0.25, 0.3) is 0 Å². The first-order valence-corrected chi connectivity index (χ1v) is 8.15. The predicted octanol–water partition coefficient (Wildman–Crippen LogP) is 4.36. The van der Waals surface area contributed by atoms with E-state index in [-0.39, 0.29) is 0 Å². The molecule has 0 spiro atoms. The average Bonchev–Trinajstić information content (AvgIpc) is 2.93. The molecule has 0 bridgehead atoms. The first-order chi connectivity index (χ1) is 10.3. The van der Waals surface area contributed by atoms with Crippen LogP contribution in [0.5, 0.6) is 5.88 Å². The topological polar surface area (TPSA) is 35.0 Å². The number of rotatable bonds is 5. The van der Waals surface area contributed by atoms with E-state index in [4.69, 9.17) is 16.3 Å². The summed E-state index contributed by atoms with van der Waals surface area (Å²) in [4.78, 5) is 9.91. The maximum atomic E-state index is 5.96. The molecule has 5 heteroatoms. The normalized spacial score (nSPS) is 11.0. The molecule has 0 saturated carbocycles. The van der Waals surface area contributed by atoms with Crippen molar-refractivity contribution < 1.29 is 4.74 Å². The van der Waals surface area contributed by atoms with Crippen molar-refractivity contribution in [1.29, 1.82) is 0 Å². The zero-order chi connectivity index (χ0) is 14.7. The molecule has 0 radical (unpaired) electrons. The standard InChI is InChI=1S/C16H15ClN2OS/c1-11-15(21-10-19-11)6-7-20-16-14-5-3-2-4-13(14)12(8-17)9-18-16/h2-5,9-10H,6-8H2,1H3. The van der Waals surface area contributed by atoms with Gasteiger partial charge in [0.05, 0.1) is 17.8 Å². The summed E-state index contributed by atoms with van der Waals surface area (Å²) in [7, 11) is 0. The maximum Gasteiger partial charge on any atom is 0.221 e. The van der Waals surface area contributed by atoms with E-state index in [0.29, 0.717) is 18.4 Å². The molecule has 3 rings (SSSR count). The number of hydrogen-bond acceptors (Lipinski definition) is 4. The molecule has 0 saturated heterocycles. The van der Waals surface area contributed by atoms with Crippen LogP contribution in [0.4, 0.5) is 0 Å². The van der Waals surface area contributed by atoms with Crippen molar-refractivity contribution in [2.24, 2.45) is 0 Å². The quantitative estimate of drug-likeness (QED) is 0.656. The lowest BCUT2D eigenvalue weighted by molar-refractivity contribution is 0.314. The number of thiazole rings is 1. The van der Waals surface area contributed by atoms with Crippen LogP contribution in [0.1, 0.15) is 16.1 Å². The van der Waals surface area contributed by atoms with Gasteiger partial charge in [-0.3, -0.25) is 0 Å². The fraction of sp³-hybridized carbons (Fsp3) is 0.250. The number of alkyl halides is 1. The monoisotopic (exact) mass is 318 g/mol. The summed E-state index contributed by atoms with van der Waals surface area (Å²) >= 11 is 7.63. The summed E-state index contributed by atoms with van der Waals surface area (Å²) < 4.78 is 5.87. The Labute approximate surface area is 132 Å². The summed E-state index contributed by atoms with van der Waals surface area (Å²) in [6.07, 6.45) is 2.65. The number of fused-ring (bicyclic) bond motifs is 1. The number of benzene rings is 1. The third-order valence-electron chi connectivity index (χ3n) is 3.40. The molecule has 3 aromatic rings. The maximum absolute atomic E-state index is 5.96. The van der Waals surface area contributed by atoms with Gasteiger partial charge in [0.2, 0.25) is 5.88 Å². The molecular weight excluding hydrogens is 304 g/mol. The van der Waals surface area contributed by atoms with Crippen LogP contribution in [-0.4, -0.2) is 16.6 Å². The molecule has 0 atom stereocenters. The fourth-order valence-electron chi connectivity index (χ4n) is 2.25. The lowest BCUT2D eigenvalue weighted by atomic mass is 10.1. The van der Waals surface area contributed by atoms with Gasteiger partial charge in [0.15, 0.2) is 0 Å². The second-order valence-electron chi connectivity index (χ2n) is 4.73. The molecule has 21 heavy (non-hydrogen) atoms. The molecule has 0 amide bonds. The average molecular weight is 319 g/mol. The Morgan fingerprint density at radius 2 is 2.00 bits per heavy atom. The Bertz CT molecular complexity index is 757. The predicted molar refractivity (Wildman–Crippen MR) is 87.4 cm³/mol. The summed E-state index contributed by atoms with van der Waals surface area (Å²) in [6, 6.07) is 8.06. The minimum Gasteiger partial charge on any atom is -0.477 e. The van der Waals surface area contributed by atoms with E-state index in [1.54, 1.807) is 17.5 Å². The SMILES string of the molecule is Cc1ncsc1CCOc1ncc(CCl)c2ccccc12. The number of aromatic nitrogens is 2. The summed E-state index contributed by atoms with van der Waals surface area (Å²) in [5, 5.41) is 2.11. The molecule has 2 aromatic heterocycles. The fourth-order valence-corrected chi connectivity index (χ4v) is 3.23. The van der Waals surface area contributed by atoms with E-state index in [0.717, 1.165) is 28.5 Å². The zero-order valence-electron chi connectivity index (χ0n) is 11.7. The number of ether oxygens (including phenoxy) is 1. The van der Waals surface area contributed by atoms with Gasteiger partial charge in [0, 0.05) is 28.8 Å². The van der Waals surface area contributed by atoms with Gasteiger partial charge < -0.3 is 4.74 Å². The van der Waals surface area contributed by atoms with Crippen molar-refractivity contribution >= 4 is 33.7 Å². The van der Waals surface area contributed by atoms with E-state index in [9.17, 15) is 0 Å². The Morgan fingerprint density at radius 3 is 2.71 bits per heavy atom. The van der Waals surface area contributed by atoms with Gasteiger partial charge in [-0.1, -0.05) is 18.2 Å². The van der Waals surface area contributed by atoms with Gasteiger partial charge in [-0.15, -0.1) is 22.9 Å². The van der Waals surface area contributed by atoms with Crippen molar-refractivity contribution in [3.63, 3.8) is 0 Å². The van der Waals surface area contributed by atoms with Crippen LogP contribution < -0.4 is 4.74 Å². The van der Waals surface area contributed by atoms with Crippen molar-refractivity contribution in [2.45, 2.75) is 19.2 Å². The molecule has 0 aliphatic rings.